The molecule has 0 N–H and O–H groups in total. The van der Waals surface area contributed by atoms with Gasteiger partial charge in [-0.2, -0.15) is 0 Å². The number of amides is 2. The molecular formula is C19H35N3O2. The van der Waals surface area contributed by atoms with Crippen LogP contribution in [-0.2, 0) is 9.59 Å². The molecule has 2 rings (SSSR count). The van der Waals surface area contributed by atoms with E-state index in [0.717, 1.165) is 25.9 Å². The Morgan fingerprint density at radius 2 is 1.21 bits per heavy atom. The van der Waals surface area contributed by atoms with Gasteiger partial charge in [-0.05, 0) is 46.7 Å². The second-order valence-corrected chi connectivity index (χ2v) is 9.30. The summed E-state index contributed by atoms with van der Waals surface area (Å²) in [5, 5.41) is 0. The second kappa shape index (κ2) is 7.03. The Balaban J connectivity index is 1.83. The van der Waals surface area contributed by atoms with Crippen LogP contribution >= 0.6 is 0 Å². The van der Waals surface area contributed by atoms with Gasteiger partial charge in [0.15, 0.2) is 0 Å². The van der Waals surface area contributed by atoms with Gasteiger partial charge < -0.3 is 9.80 Å². The van der Waals surface area contributed by atoms with E-state index < -0.39 is 0 Å². The summed E-state index contributed by atoms with van der Waals surface area (Å²) in [4.78, 5) is 31.5. The fourth-order valence-corrected chi connectivity index (χ4v) is 3.66. The Morgan fingerprint density at radius 3 is 1.62 bits per heavy atom. The predicted molar refractivity (Wildman–Crippen MR) is 96.7 cm³/mol. The number of carbonyl (C=O) groups is 2. The van der Waals surface area contributed by atoms with Crippen LogP contribution in [0, 0.1) is 11.3 Å². The Morgan fingerprint density at radius 1 is 0.750 bits per heavy atom. The maximum absolute atomic E-state index is 12.8. The number of hydrogen-bond acceptors (Lipinski definition) is 3. The van der Waals surface area contributed by atoms with Crippen LogP contribution in [-0.4, -0.2) is 71.3 Å². The third-order valence-electron chi connectivity index (χ3n) is 5.31. The van der Waals surface area contributed by atoms with Crippen molar-refractivity contribution >= 4 is 11.8 Å². The minimum atomic E-state index is -0.341. The minimum Gasteiger partial charge on any atom is -0.339 e. The molecule has 0 aromatic carbocycles. The number of nitrogens with zero attached hydrogens (tertiary/aromatic N) is 3. The van der Waals surface area contributed by atoms with Crippen LogP contribution in [0.15, 0.2) is 0 Å². The number of carbonyl (C=O) groups excluding carboxylic acids is 2. The Bertz CT molecular complexity index is 460. The molecule has 2 aliphatic rings. The highest BCUT2D eigenvalue weighted by atomic mass is 16.2. The topological polar surface area (TPSA) is 43.9 Å². The number of piperidine rings is 1. The van der Waals surface area contributed by atoms with Gasteiger partial charge in [0.1, 0.15) is 0 Å². The molecule has 2 fully saturated rings. The lowest BCUT2D eigenvalue weighted by molar-refractivity contribution is -0.147. The van der Waals surface area contributed by atoms with Gasteiger partial charge in [0.2, 0.25) is 11.8 Å². The molecule has 0 atom stereocenters. The van der Waals surface area contributed by atoms with Gasteiger partial charge in [0.05, 0.1) is 0 Å². The zero-order chi connectivity index (χ0) is 18.1. The van der Waals surface area contributed by atoms with Crippen molar-refractivity contribution in [3.05, 3.63) is 0 Å². The Kier molecular flexibility index (Phi) is 5.63. The molecule has 2 amide bonds. The number of rotatable bonds is 1. The van der Waals surface area contributed by atoms with E-state index in [0.29, 0.717) is 32.1 Å². The first-order chi connectivity index (χ1) is 11.0. The van der Waals surface area contributed by atoms with Crippen LogP contribution in [0.5, 0.6) is 0 Å². The van der Waals surface area contributed by atoms with Crippen molar-refractivity contribution in [3.63, 3.8) is 0 Å². The molecule has 24 heavy (non-hydrogen) atoms. The van der Waals surface area contributed by atoms with E-state index >= 15 is 0 Å². The zero-order valence-electron chi connectivity index (χ0n) is 16.4. The van der Waals surface area contributed by atoms with Crippen molar-refractivity contribution < 1.29 is 9.59 Å². The molecule has 2 heterocycles. The van der Waals surface area contributed by atoms with E-state index in [-0.39, 0.29) is 22.8 Å². The standard InChI is InChI=1S/C19H35N3O2/c1-18(2,3)17(24)21-13-11-20(12-14-21)16(23)15-7-9-22(10-8-15)19(4,5)6/h15H,7-14H2,1-6H3. The summed E-state index contributed by atoms with van der Waals surface area (Å²) in [5.74, 6) is 0.646. The summed E-state index contributed by atoms with van der Waals surface area (Å²) in [7, 11) is 0. The molecular weight excluding hydrogens is 302 g/mol. The molecule has 0 aromatic rings. The summed E-state index contributed by atoms with van der Waals surface area (Å²) in [6, 6.07) is 0. The van der Waals surface area contributed by atoms with Crippen LogP contribution in [0.3, 0.4) is 0 Å². The fraction of sp³-hybridized carbons (Fsp3) is 0.895. The van der Waals surface area contributed by atoms with Gasteiger partial charge in [-0.15, -0.1) is 0 Å². The van der Waals surface area contributed by atoms with Crippen LogP contribution in [0.1, 0.15) is 54.4 Å². The highest BCUT2D eigenvalue weighted by Crippen LogP contribution is 2.26. The van der Waals surface area contributed by atoms with E-state index in [1.165, 1.54) is 0 Å². The van der Waals surface area contributed by atoms with Crippen molar-refractivity contribution in [1.29, 1.82) is 0 Å². The van der Waals surface area contributed by atoms with Gasteiger partial charge in [0, 0.05) is 43.1 Å². The SMILES string of the molecule is CC(C)(C)C(=O)N1CCN(C(=O)C2CCN(C(C)(C)C)CC2)CC1. The number of likely N-dealkylation sites (tertiary alicyclic amines) is 1. The van der Waals surface area contributed by atoms with Gasteiger partial charge in [-0.3, -0.25) is 14.5 Å². The average Bonchev–Trinajstić information content (AvgIpc) is 2.52. The second-order valence-electron chi connectivity index (χ2n) is 9.30. The molecule has 5 heteroatoms. The molecule has 0 aromatic heterocycles. The maximum atomic E-state index is 12.8. The van der Waals surface area contributed by atoms with E-state index in [4.69, 9.17) is 0 Å². The fourth-order valence-electron chi connectivity index (χ4n) is 3.66. The maximum Gasteiger partial charge on any atom is 0.228 e. The van der Waals surface area contributed by atoms with Gasteiger partial charge >= 0.3 is 0 Å². The van der Waals surface area contributed by atoms with Gasteiger partial charge in [-0.25, -0.2) is 0 Å². The molecule has 0 bridgehead atoms. The lowest BCUT2D eigenvalue weighted by atomic mass is 9.91. The lowest BCUT2D eigenvalue weighted by Crippen LogP contribution is -2.55. The number of piperazine rings is 1. The predicted octanol–water partition coefficient (Wildman–Crippen LogP) is 2.21. The summed E-state index contributed by atoms with van der Waals surface area (Å²) in [5.41, 5.74) is -0.154. The minimum absolute atomic E-state index is 0.161. The molecule has 0 radical (unpaired) electrons. The van der Waals surface area contributed by atoms with Gasteiger partial charge in [-0.1, -0.05) is 20.8 Å². The van der Waals surface area contributed by atoms with Crippen LogP contribution in [0.2, 0.25) is 0 Å². The summed E-state index contributed by atoms with van der Waals surface area (Å²) in [6.45, 7) is 17.3. The monoisotopic (exact) mass is 337 g/mol. The molecule has 2 aliphatic heterocycles. The molecule has 138 valence electrons. The van der Waals surface area contributed by atoms with E-state index in [1.54, 1.807) is 0 Å². The smallest absolute Gasteiger partial charge is 0.228 e. The molecule has 0 spiro atoms. The lowest BCUT2D eigenvalue weighted by Gasteiger charge is -2.43. The van der Waals surface area contributed by atoms with Crippen LogP contribution in [0.25, 0.3) is 0 Å². The number of hydrogen-bond donors (Lipinski definition) is 0. The molecule has 2 saturated heterocycles. The van der Waals surface area contributed by atoms with E-state index in [2.05, 4.69) is 25.7 Å². The quantitative estimate of drug-likeness (QED) is 0.737. The van der Waals surface area contributed by atoms with E-state index in [1.807, 2.05) is 30.6 Å². The highest BCUT2D eigenvalue weighted by molar-refractivity contribution is 5.82. The first kappa shape index (κ1) is 19.2. The molecule has 0 saturated carbocycles. The Hall–Kier alpha value is -1.10. The van der Waals surface area contributed by atoms with Crippen molar-refractivity contribution in [1.82, 2.24) is 14.7 Å². The largest absolute Gasteiger partial charge is 0.339 e. The summed E-state index contributed by atoms with van der Waals surface area (Å²) < 4.78 is 0. The normalized spacial score (nSPS) is 21.9. The van der Waals surface area contributed by atoms with Crippen LogP contribution < -0.4 is 0 Å². The third-order valence-corrected chi connectivity index (χ3v) is 5.31. The van der Waals surface area contributed by atoms with Crippen molar-refractivity contribution in [2.24, 2.45) is 11.3 Å². The highest BCUT2D eigenvalue weighted by Gasteiger charge is 2.35. The van der Waals surface area contributed by atoms with Crippen molar-refractivity contribution in [3.8, 4) is 0 Å². The molecule has 0 unspecified atom stereocenters. The Labute approximate surface area is 147 Å². The first-order valence-electron chi connectivity index (χ1n) is 9.33. The van der Waals surface area contributed by atoms with Gasteiger partial charge in [0.25, 0.3) is 0 Å². The molecule has 0 aliphatic carbocycles. The van der Waals surface area contributed by atoms with Crippen molar-refractivity contribution in [2.45, 2.75) is 59.9 Å². The molecule has 5 nitrogen and oxygen atoms in total. The summed E-state index contributed by atoms with van der Waals surface area (Å²) in [6.07, 6.45) is 1.91. The first-order valence-corrected chi connectivity index (χ1v) is 9.33. The van der Waals surface area contributed by atoms with E-state index in [9.17, 15) is 9.59 Å². The van der Waals surface area contributed by atoms with Crippen molar-refractivity contribution in [2.75, 3.05) is 39.3 Å². The van der Waals surface area contributed by atoms with Crippen LogP contribution in [0.4, 0.5) is 0 Å². The summed E-state index contributed by atoms with van der Waals surface area (Å²) >= 11 is 0. The average molecular weight is 338 g/mol. The zero-order valence-corrected chi connectivity index (χ0v) is 16.4. The third kappa shape index (κ3) is 4.50.